The van der Waals surface area contributed by atoms with E-state index in [9.17, 15) is 0 Å². The highest BCUT2D eigenvalue weighted by molar-refractivity contribution is 4.75. The fraction of sp³-hybridized carbons (Fsp3) is 1.00. The lowest BCUT2D eigenvalue weighted by molar-refractivity contribution is 0.206. The van der Waals surface area contributed by atoms with E-state index in [1.54, 1.807) is 0 Å². The molecule has 0 bridgehead atoms. The normalized spacial score (nSPS) is 15.2. The maximum Gasteiger partial charge on any atom is -0.00196 e. The van der Waals surface area contributed by atoms with E-state index in [1.165, 1.54) is 51.6 Å². The first-order valence-corrected chi connectivity index (χ1v) is 7.39. The Labute approximate surface area is 109 Å². The van der Waals surface area contributed by atoms with Crippen molar-refractivity contribution in [3.8, 4) is 0 Å². The minimum Gasteiger partial charge on any atom is -0.317 e. The van der Waals surface area contributed by atoms with Gasteiger partial charge in [0.1, 0.15) is 0 Å². The van der Waals surface area contributed by atoms with Gasteiger partial charge >= 0.3 is 0 Å². The van der Waals surface area contributed by atoms with Gasteiger partial charge in [0.15, 0.2) is 0 Å². The lowest BCUT2D eigenvalue weighted by Gasteiger charge is -2.31. The molecule has 0 fully saturated rings. The first-order valence-electron chi connectivity index (χ1n) is 7.39. The van der Waals surface area contributed by atoms with Gasteiger partial charge < -0.3 is 10.2 Å². The van der Waals surface area contributed by atoms with Gasteiger partial charge in [-0.05, 0) is 64.8 Å². The molecule has 0 aliphatic carbocycles. The second kappa shape index (κ2) is 9.90. The number of unbranched alkanes of at least 4 members (excludes halogenated alkanes) is 1. The number of nitrogens with one attached hydrogen (secondary N) is 1. The second-order valence-corrected chi connectivity index (χ2v) is 5.92. The van der Waals surface area contributed by atoms with Crippen molar-refractivity contribution in [1.82, 2.24) is 10.2 Å². The van der Waals surface area contributed by atoms with E-state index >= 15 is 0 Å². The SMILES string of the molecule is CCCCC(C)(CCCNCC)CCN(C)C. The van der Waals surface area contributed by atoms with Crippen LogP contribution in [-0.2, 0) is 0 Å². The molecule has 0 saturated carbocycles. The molecule has 1 atom stereocenters. The zero-order valence-corrected chi connectivity index (χ0v) is 12.8. The summed E-state index contributed by atoms with van der Waals surface area (Å²) in [4.78, 5) is 2.31. The van der Waals surface area contributed by atoms with E-state index in [1.807, 2.05) is 0 Å². The summed E-state index contributed by atoms with van der Waals surface area (Å²) in [7, 11) is 4.36. The van der Waals surface area contributed by atoms with Gasteiger partial charge in [0.05, 0.1) is 0 Å². The van der Waals surface area contributed by atoms with Gasteiger partial charge in [-0.2, -0.15) is 0 Å². The fourth-order valence-corrected chi connectivity index (χ4v) is 2.29. The molecule has 17 heavy (non-hydrogen) atoms. The molecule has 0 aromatic heterocycles. The van der Waals surface area contributed by atoms with E-state index in [0.717, 1.165) is 6.54 Å². The maximum absolute atomic E-state index is 3.43. The van der Waals surface area contributed by atoms with Crippen molar-refractivity contribution in [2.75, 3.05) is 33.7 Å². The molecule has 2 heteroatoms. The number of hydrogen-bond donors (Lipinski definition) is 1. The van der Waals surface area contributed by atoms with Crippen molar-refractivity contribution in [1.29, 1.82) is 0 Å². The summed E-state index contributed by atoms with van der Waals surface area (Å²) in [6, 6.07) is 0. The van der Waals surface area contributed by atoms with Crippen molar-refractivity contribution in [3.05, 3.63) is 0 Å². The highest BCUT2D eigenvalue weighted by Gasteiger charge is 2.22. The van der Waals surface area contributed by atoms with E-state index in [0.29, 0.717) is 5.41 Å². The summed E-state index contributed by atoms with van der Waals surface area (Å²) in [5.74, 6) is 0. The minimum absolute atomic E-state index is 0.551. The van der Waals surface area contributed by atoms with Gasteiger partial charge in [-0.3, -0.25) is 0 Å². The van der Waals surface area contributed by atoms with Gasteiger partial charge in [0.25, 0.3) is 0 Å². The molecule has 0 radical (unpaired) electrons. The Kier molecular flexibility index (Phi) is 9.85. The van der Waals surface area contributed by atoms with Crippen LogP contribution in [0.5, 0.6) is 0 Å². The van der Waals surface area contributed by atoms with Crippen molar-refractivity contribution in [2.24, 2.45) is 5.41 Å². The average Bonchev–Trinajstić information content (AvgIpc) is 2.30. The lowest BCUT2D eigenvalue weighted by Crippen LogP contribution is -2.25. The van der Waals surface area contributed by atoms with Crippen LogP contribution in [0.15, 0.2) is 0 Å². The lowest BCUT2D eigenvalue weighted by atomic mass is 9.77. The molecular formula is C15H34N2. The molecule has 0 aromatic carbocycles. The summed E-state index contributed by atoms with van der Waals surface area (Å²) < 4.78 is 0. The van der Waals surface area contributed by atoms with Gasteiger partial charge in [-0.15, -0.1) is 0 Å². The van der Waals surface area contributed by atoms with E-state index < -0.39 is 0 Å². The van der Waals surface area contributed by atoms with Crippen LogP contribution in [0.4, 0.5) is 0 Å². The monoisotopic (exact) mass is 242 g/mol. The average molecular weight is 242 g/mol. The summed E-state index contributed by atoms with van der Waals surface area (Å²) in [6.45, 7) is 10.5. The van der Waals surface area contributed by atoms with Crippen LogP contribution in [0, 0.1) is 5.41 Å². The molecule has 0 heterocycles. The molecule has 1 unspecified atom stereocenters. The Morgan fingerprint density at radius 1 is 1.00 bits per heavy atom. The Hall–Kier alpha value is -0.0800. The maximum atomic E-state index is 3.43. The molecule has 0 saturated heterocycles. The van der Waals surface area contributed by atoms with Crippen LogP contribution in [0.3, 0.4) is 0 Å². The van der Waals surface area contributed by atoms with Crippen molar-refractivity contribution >= 4 is 0 Å². The molecule has 0 amide bonds. The molecule has 2 nitrogen and oxygen atoms in total. The molecule has 0 aliphatic rings. The van der Waals surface area contributed by atoms with Gasteiger partial charge in [-0.1, -0.05) is 33.6 Å². The van der Waals surface area contributed by atoms with Crippen LogP contribution in [0.1, 0.15) is 59.3 Å². The van der Waals surface area contributed by atoms with Gasteiger partial charge in [0, 0.05) is 0 Å². The van der Waals surface area contributed by atoms with E-state index in [4.69, 9.17) is 0 Å². The van der Waals surface area contributed by atoms with Crippen molar-refractivity contribution in [2.45, 2.75) is 59.3 Å². The third-order valence-corrected chi connectivity index (χ3v) is 3.68. The summed E-state index contributed by atoms with van der Waals surface area (Å²) in [5, 5.41) is 3.43. The summed E-state index contributed by atoms with van der Waals surface area (Å²) >= 11 is 0. The highest BCUT2D eigenvalue weighted by atomic mass is 15.0. The quantitative estimate of drug-likeness (QED) is 0.558. The Morgan fingerprint density at radius 2 is 1.65 bits per heavy atom. The Bertz CT molecular complexity index is 168. The second-order valence-electron chi connectivity index (χ2n) is 5.92. The van der Waals surface area contributed by atoms with E-state index in [-0.39, 0.29) is 0 Å². The third kappa shape index (κ3) is 9.61. The highest BCUT2D eigenvalue weighted by Crippen LogP contribution is 2.33. The molecule has 104 valence electrons. The fourth-order valence-electron chi connectivity index (χ4n) is 2.29. The summed E-state index contributed by atoms with van der Waals surface area (Å²) in [6.07, 6.45) is 8.13. The standard InChI is InChI=1S/C15H34N2/c1-6-8-10-15(3,12-14-17(4)5)11-9-13-16-7-2/h16H,6-14H2,1-5H3. The first kappa shape index (κ1) is 16.9. The van der Waals surface area contributed by atoms with Crippen LogP contribution in [-0.4, -0.2) is 38.6 Å². The Morgan fingerprint density at radius 3 is 2.18 bits per heavy atom. The smallest absolute Gasteiger partial charge is 0.00196 e. The van der Waals surface area contributed by atoms with Crippen LogP contribution >= 0.6 is 0 Å². The molecule has 0 spiro atoms. The predicted molar refractivity (Wildman–Crippen MR) is 78.6 cm³/mol. The largest absolute Gasteiger partial charge is 0.317 e. The molecule has 0 aliphatic heterocycles. The molecule has 0 aromatic rings. The van der Waals surface area contributed by atoms with Crippen LogP contribution in [0.25, 0.3) is 0 Å². The number of nitrogens with zero attached hydrogens (tertiary/aromatic N) is 1. The van der Waals surface area contributed by atoms with Crippen molar-refractivity contribution in [3.63, 3.8) is 0 Å². The molecular weight excluding hydrogens is 208 g/mol. The van der Waals surface area contributed by atoms with Crippen LogP contribution in [0.2, 0.25) is 0 Å². The van der Waals surface area contributed by atoms with Crippen LogP contribution < -0.4 is 5.32 Å². The predicted octanol–water partition coefficient (Wildman–Crippen LogP) is 3.52. The topological polar surface area (TPSA) is 15.3 Å². The molecule has 1 N–H and O–H groups in total. The Balaban J connectivity index is 3.99. The molecule has 0 rings (SSSR count). The zero-order valence-electron chi connectivity index (χ0n) is 12.8. The third-order valence-electron chi connectivity index (χ3n) is 3.68. The van der Waals surface area contributed by atoms with Gasteiger partial charge in [-0.25, -0.2) is 0 Å². The summed E-state index contributed by atoms with van der Waals surface area (Å²) in [5.41, 5.74) is 0.551. The minimum atomic E-state index is 0.551. The van der Waals surface area contributed by atoms with Crippen molar-refractivity contribution < 1.29 is 0 Å². The van der Waals surface area contributed by atoms with Gasteiger partial charge in [0.2, 0.25) is 0 Å². The first-order chi connectivity index (χ1) is 8.04. The number of rotatable bonds is 11. The zero-order chi connectivity index (χ0) is 13.1. The van der Waals surface area contributed by atoms with E-state index in [2.05, 4.69) is 45.1 Å². The number of hydrogen-bond acceptors (Lipinski definition) is 2.